The second kappa shape index (κ2) is 7.47. The normalized spacial score (nSPS) is 18.4. The van der Waals surface area contributed by atoms with Gasteiger partial charge in [-0.05, 0) is 48.4 Å². The summed E-state index contributed by atoms with van der Waals surface area (Å²) in [6, 6.07) is 10.2. The molecule has 1 N–H and O–H groups in total. The zero-order valence-electron chi connectivity index (χ0n) is 13.6. The molecule has 26 heavy (non-hydrogen) atoms. The fourth-order valence-electron chi connectivity index (χ4n) is 2.87. The summed E-state index contributed by atoms with van der Waals surface area (Å²) in [5, 5.41) is 11.4. The number of rotatable bonds is 5. The smallest absolute Gasteiger partial charge is 0.159 e. The molecule has 4 nitrogen and oxygen atoms in total. The molecule has 1 aromatic heterocycles. The van der Waals surface area contributed by atoms with Gasteiger partial charge in [-0.2, -0.15) is 0 Å². The highest BCUT2D eigenvalue weighted by Crippen LogP contribution is 2.41. The molecular formula is C18H16ClF3N4. The Hall–Kier alpha value is -2.38. The molecule has 0 unspecified atom stereocenters. The molecule has 4 rings (SSSR count). The molecule has 1 saturated carbocycles. The van der Waals surface area contributed by atoms with E-state index in [1.807, 2.05) is 0 Å². The van der Waals surface area contributed by atoms with Crippen molar-refractivity contribution in [3.05, 3.63) is 77.4 Å². The Balaban J connectivity index is 0.00000196. The number of hydrogen-bond donors (Lipinski definition) is 1. The van der Waals surface area contributed by atoms with E-state index in [0.29, 0.717) is 6.54 Å². The van der Waals surface area contributed by atoms with Crippen LogP contribution in [-0.2, 0) is 6.54 Å². The average Bonchev–Trinajstić information content (AvgIpc) is 3.24. The van der Waals surface area contributed by atoms with Crippen LogP contribution in [0, 0.1) is 17.5 Å². The number of hydrogen-bond acceptors (Lipinski definition) is 3. The largest absolute Gasteiger partial charge is 0.308 e. The predicted molar refractivity (Wildman–Crippen MR) is 92.9 cm³/mol. The number of benzene rings is 2. The first-order valence-corrected chi connectivity index (χ1v) is 7.95. The minimum absolute atomic E-state index is 0. The third-order valence-corrected chi connectivity index (χ3v) is 4.34. The van der Waals surface area contributed by atoms with Gasteiger partial charge in [0.2, 0.25) is 0 Å². The molecule has 2 aromatic carbocycles. The molecule has 136 valence electrons. The van der Waals surface area contributed by atoms with E-state index in [2.05, 4.69) is 15.6 Å². The van der Waals surface area contributed by atoms with Crippen LogP contribution in [0.1, 0.15) is 23.6 Å². The molecule has 0 aliphatic heterocycles. The van der Waals surface area contributed by atoms with E-state index in [4.69, 9.17) is 0 Å². The molecule has 2 atom stereocenters. The Bertz CT molecular complexity index is 898. The Morgan fingerprint density at radius 3 is 2.54 bits per heavy atom. The summed E-state index contributed by atoms with van der Waals surface area (Å²) in [4.78, 5) is 0. The molecule has 1 fully saturated rings. The first-order valence-electron chi connectivity index (χ1n) is 7.95. The lowest BCUT2D eigenvalue weighted by Gasteiger charge is -2.03. The third-order valence-electron chi connectivity index (χ3n) is 4.34. The van der Waals surface area contributed by atoms with Gasteiger partial charge < -0.3 is 5.32 Å². The minimum atomic E-state index is -0.827. The molecule has 1 aliphatic rings. The van der Waals surface area contributed by atoms with E-state index in [0.717, 1.165) is 29.4 Å². The van der Waals surface area contributed by atoms with Gasteiger partial charge in [0.25, 0.3) is 0 Å². The van der Waals surface area contributed by atoms with Gasteiger partial charge in [0.15, 0.2) is 11.6 Å². The lowest BCUT2D eigenvalue weighted by atomic mass is 10.1. The average molecular weight is 381 g/mol. The summed E-state index contributed by atoms with van der Waals surface area (Å²) >= 11 is 0. The van der Waals surface area contributed by atoms with Gasteiger partial charge in [0.05, 0.1) is 17.6 Å². The maximum atomic E-state index is 13.3. The molecule has 0 amide bonds. The highest BCUT2D eigenvalue weighted by atomic mass is 35.5. The van der Waals surface area contributed by atoms with Gasteiger partial charge in [-0.3, -0.25) is 0 Å². The van der Waals surface area contributed by atoms with Crippen LogP contribution in [0.4, 0.5) is 13.2 Å². The Kier molecular flexibility index (Phi) is 5.29. The number of aromatic nitrogens is 3. The predicted octanol–water partition coefficient (Wildman–Crippen LogP) is 3.75. The van der Waals surface area contributed by atoms with Crippen LogP contribution < -0.4 is 5.32 Å². The molecule has 8 heteroatoms. The highest BCUT2D eigenvalue weighted by molar-refractivity contribution is 5.85. The van der Waals surface area contributed by atoms with Crippen molar-refractivity contribution in [1.82, 2.24) is 20.3 Å². The van der Waals surface area contributed by atoms with Crippen LogP contribution in [0.25, 0.3) is 5.69 Å². The van der Waals surface area contributed by atoms with Crippen LogP contribution >= 0.6 is 12.4 Å². The van der Waals surface area contributed by atoms with E-state index in [-0.39, 0.29) is 30.2 Å². The van der Waals surface area contributed by atoms with Crippen molar-refractivity contribution in [2.75, 3.05) is 0 Å². The first-order chi connectivity index (χ1) is 12.1. The van der Waals surface area contributed by atoms with Crippen molar-refractivity contribution >= 4 is 12.4 Å². The fraction of sp³-hybridized carbons (Fsp3) is 0.222. The Morgan fingerprint density at radius 1 is 1.04 bits per heavy atom. The highest BCUT2D eigenvalue weighted by Gasteiger charge is 2.38. The van der Waals surface area contributed by atoms with Crippen molar-refractivity contribution in [2.24, 2.45) is 0 Å². The Labute approximate surface area is 154 Å². The van der Waals surface area contributed by atoms with E-state index >= 15 is 0 Å². The van der Waals surface area contributed by atoms with E-state index in [1.54, 1.807) is 29.1 Å². The molecular weight excluding hydrogens is 365 g/mol. The van der Waals surface area contributed by atoms with Crippen LogP contribution in [0.5, 0.6) is 0 Å². The molecule has 0 bridgehead atoms. The lowest BCUT2D eigenvalue weighted by Crippen LogP contribution is -2.17. The zero-order chi connectivity index (χ0) is 17.4. The minimum Gasteiger partial charge on any atom is -0.308 e. The van der Waals surface area contributed by atoms with E-state index in [9.17, 15) is 13.2 Å². The SMILES string of the molecule is Cl.Fc1ccc(-n2cc(CN[C@@H]3C[C@H]3c3ccc(F)c(F)c3)nn2)cc1. The zero-order valence-corrected chi connectivity index (χ0v) is 14.4. The maximum Gasteiger partial charge on any atom is 0.159 e. The molecule has 1 heterocycles. The molecule has 0 radical (unpaired) electrons. The van der Waals surface area contributed by atoms with E-state index in [1.165, 1.54) is 18.2 Å². The molecule has 0 spiro atoms. The summed E-state index contributed by atoms with van der Waals surface area (Å²) in [6.07, 6.45) is 2.65. The van der Waals surface area contributed by atoms with Gasteiger partial charge in [-0.15, -0.1) is 17.5 Å². The summed E-state index contributed by atoms with van der Waals surface area (Å²) in [6.45, 7) is 0.520. The fourth-order valence-corrected chi connectivity index (χ4v) is 2.87. The summed E-state index contributed by atoms with van der Waals surface area (Å²) in [7, 11) is 0. The molecule has 3 aromatic rings. The van der Waals surface area contributed by atoms with Gasteiger partial charge >= 0.3 is 0 Å². The Morgan fingerprint density at radius 2 is 1.81 bits per heavy atom. The van der Waals surface area contributed by atoms with Gasteiger partial charge in [-0.25, -0.2) is 17.9 Å². The quantitative estimate of drug-likeness (QED) is 0.733. The number of halogens is 4. The van der Waals surface area contributed by atoms with Crippen molar-refractivity contribution in [1.29, 1.82) is 0 Å². The van der Waals surface area contributed by atoms with Crippen LogP contribution in [0.2, 0.25) is 0 Å². The van der Waals surface area contributed by atoms with Gasteiger partial charge in [0.1, 0.15) is 5.82 Å². The van der Waals surface area contributed by atoms with Crippen molar-refractivity contribution in [2.45, 2.75) is 24.9 Å². The standard InChI is InChI=1S/C18H15F3N4.ClH/c19-12-2-4-14(5-3-12)25-10-13(23-24-25)9-22-18-8-15(18)11-1-6-16(20)17(21)7-11;/h1-7,10,15,18,22H,8-9H2;1H/t15-,18+;/m0./s1. The second-order valence-electron chi connectivity index (χ2n) is 6.13. The summed E-state index contributed by atoms with van der Waals surface area (Å²) in [5.41, 5.74) is 2.28. The lowest BCUT2D eigenvalue weighted by molar-refractivity contribution is 0.506. The number of nitrogens with zero attached hydrogens (tertiary/aromatic N) is 3. The van der Waals surface area contributed by atoms with Gasteiger partial charge in [0, 0.05) is 18.5 Å². The summed E-state index contributed by atoms with van der Waals surface area (Å²) in [5.74, 6) is -1.76. The van der Waals surface area contributed by atoms with Gasteiger partial charge in [-0.1, -0.05) is 11.3 Å². The third kappa shape index (κ3) is 3.89. The molecule has 0 saturated heterocycles. The topological polar surface area (TPSA) is 42.7 Å². The summed E-state index contributed by atoms with van der Waals surface area (Å²) < 4.78 is 40.8. The molecule has 1 aliphatic carbocycles. The van der Waals surface area contributed by atoms with Crippen LogP contribution in [0.15, 0.2) is 48.7 Å². The van der Waals surface area contributed by atoms with Crippen molar-refractivity contribution in [3.63, 3.8) is 0 Å². The van der Waals surface area contributed by atoms with E-state index < -0.39 is 11.6 Å². The first kappa shape index (κ1) is 18.4. The van der Waals surface area contributed by atoms with Crippen molar-refractivity contribution < 1.29 is 13.2 Å². The van der Waals surface area contributed by atoms with Crippen molar-refractivity contribution in [3.8, 4) is 5.69 Å². The second-order valence-corrected chi connectivity index (χ2v) is 6.13. The maximum absolute atomic E-state index is 13.3. The van der Waals surface area contributed by atoms with Crippen LogP contribution in [-0.4, -0.2) is 21.0 Å². The monoisotopic (exact) mass is 380 g/mol. The van der Waals surface area contributed by atoms with Crippen LogP contribution in [0.3, 0.4) is 0 Å². The number of nitrogens with one attached hydrogen (secondary N) is 1.